The lowest BCUT2D eigenvalue weighted by Crippen LogP contribution is -2.57. The molecule has 0 bridgehead atoms. The van der Waals surface area contributed by atoms with E-state index in [0.29, 0.717) is 49.3 Å². The number of aliphatic hydroxyl groups excluding tert-OH is 1. The minimum Gasteiger partial charge on any atom is -0.391 e. The first-order valence-electron chi connectivity index (χ1n) is 25.9. The van der Waals surface area contributed by atoms with Gasteiger partial charge in [-0.05, 0) is 55.2 Å². The number of anilines is 1. The van der Waals surface area contributed by atoms with Crippen molar-refractivity contribution in [2.45, 2.75) is 142 Å². The zero-order chi connectivity index (χ0) is 52.7. The molecule has 5 N–H and O–H groups in total. The van der Waals surface area contributed by atoms with Gasteiger partial charge in [0, 0.05) is 80.0 Å². The molecule has 394 valence electrons. The van der Waals surface area contributed by atoms with Crippen LogP contribution < -0.4 is 16.0 Å². The fourth-order valence-electron chi connectivity index (χ4n) is 11.2. The van der Waals surface area contributed by atoms with Crippen molar-refractivity contribution in [2.24, 2.45) is 22.7 Å². The maximum Gasteiger partial charge on any atom is 0.276 e. The number of aromatic nitrogens is 5. The van der Waals surface area contributed by atoms with E-state index in [1.807, 2.05) is 99.6 Å². The average Bonchev–Trinajstić information content (AvgIpc) is 4.09. The SMILES string of the molecule is Cc1ncsc1-c1ccc(C(C)NC(=O)[C@@H]2C[C@@H](O)CN2C(=O)C(NC(=O)CCCCCCCC(=O)N2CC(C(c3ccccc3)n3cc(NC(=O)c4n[nH]c5c4C[C@@H]4C(F)(F)[C@]4(C)C5)cn3)C2)C(C)(C)C)cc1. The first kappa shape index (κ1) is 52.5. The highest BCUT2D eigenvalue weighted by atomic mass is 32.1. The maximum absolute atomic E-state index is 14.5. The normalized spacial score (nSPS) is 22.2. The molecule has 1 saturated carbocycles. The largest absolute Gasteiger partial charge is 0.391 e. The number of benzene rings is 2. The van der Waals surface area contributed by atoms with Crippen molar-refractivity contribution in [3.63, 3.8) is 0 Å². The summed E-state index contributed by atoms with van der Waals surface area (Å²) >= 11 is 1.57. The van der Waals surface area contributed by atoms with Gasteiger partial charge < -0.3 is 30.9 Å². The van der Waals surface area contributed by atoms with E-state index < -0.39 is 52.7 Å². The number of rotatable bonds is 19. The number of thiazole rings is 1. The molecule has 16 nitrogen and oxygen atoms in total. The van der Waals surface area contributed by atoms with Gasteiger partial charge in [0.1, 0.15) is 12.1 Å². The van der Waals surface area contributed by atoms with Crippen molar-refractivity contribution in [3.8, 4) is 10.4 Å². The number of alkyl halides is 2. The summed E-state index contributed by atoms with van der Waals surface area (Å²) in [6.07, 6.45) is 7.20. The van der Waals surface area contributed by atoms with Gasteiger partial charge in [0.2, 0.25) is 23.6 Å². The van der Waals surface area contributed by atoms with Crippen LogP contribution in [-0.4, -0.2) is 113 Å². The Balaban J connectivity index is 0.696. The van der Waals surface area contributed by atoms with Crippen molar-refractivity contribution >= 4 is 46.6 Å². The van der Waals surface area contributed by atoms with Crippen molar-refractivity contribution < 1.29 is 37.9 Å². The van der Waals surface area contributed by atoms with Crippen molar-refractivity contribution in [1.29, 1.82) is 0 Å². The molecule has 19 heteroatoms. The molecule has 5 heterocycles. The number of aromatic amines is 1. The lowest BCUT2D eigenvalue weighted by Gasteiger charge is -2.43. The standard InChI is InChI=1S/C55H68F2N10O6S/c1-32(34-19-21-36(22-20-34)48-33(2)58-31-74-48)60-50(71)42-23-39(68)30-66(42)52(73)49(53(3,4)5)62-44(69)17-13-8-7-9-14-18-45(70)65-27-37(28-65)47(35-15-11-10-12-16-35)67-29-38(26-59-67)61-51(72)46-40-24-43-54(6,55(43,56)57)25-41(40)63-64-46/h10-12,15-16,19-22,26,29,31-32,37,39,42-43,47,49,68H,7-9,13-14,17-18,23-25,27-28,30H2,1-6H3,(H,60,71)(H,61,72)(H,62,69)(H,63,64)/t32?,39-,42+,43+,47?,49?,54-/m1/s1. The fourth-order valence-corrected chi connectivity index (χ4v) is 12.1. The van der Waals surface area contributed by atoms with E-state index in [4.69, 9.17) is 0 Å². The number of aliphatic hydroxyl groups is 1. The number of carbonyl (C=O) groups is 5. The van der Waals surface area contributed by atoms with Gasteiger partial charge in [-0.25, -0.2) is 13.8 Å². The molecule has 0 spiro atoms. The van der Waals surface area contributed by atoms with Gasteiger partial charge in [0.15, 0.2) is 5.69 Å². The van der Waals surface area contributed by atoms with Crippen LogP contribution in [0, 0.1) is 29.6 Å². The van der Waals surface area contributed by atoms with Gasteiger partial charge in [-0.2, -0.15) is 10.2 Å². The van der Waals surface area contributed by atoms with Crippen LogP contribution >= 0.6 is 11.3 Å². The number of nitrogens with one attached hydrogen (secondary N) is 4. The van der Waals surface area contributed by atoms with Crippen LogP contribution in [0.4, 0.5) is 14.5 Å². The summed E-state index contributed by atoms with van der Waals surface area (Å²) in [4.78, 5) is 76.6. The summed E-state index contributed by atoms with van der Waals surface area (Å²) in [5, 5.41) is 31.2. The van der Waals surface area contributed by atoms with E-state index in [0.717, 1.165) is 46.5 Å². The Morgan fingerprint density at radius 2 is 1.64 bits per heavy atom. The number of unbranched alkanes of at least 4 members (excludes halogenated alkanes) is 4. The quantitative estimate of drug-likeness (QED) is 0.0511. The number of amides is 5. The van der Waals surface area contributed by atoms with Crippen molar-refractivity contribution in [3.05, 3.63) is 106 Å². The zero-order valence-electron chi connectivity index (χ0n) is 43.0. The topological polar surface area (TPSA) is 208 Å². The van der Waals surface area contributed by atoms with Gasteiger partial charge in [-0.1, -0.05) is 102 Å². The second-order valence-electron chi connectivity index (χ2n) is 22.2. The van der Waals surface area contributed by atoms with Crippen LogP contribution in [0.5, 0.6) is 0 Å². The van der Waals surface area contributed by atoms with E-state index in [1.54, 1.807) is 35.3 Å². The van der Waals surface area contributed by atoms with Crippen LogP contribution in [0.2, 0.25) is 0 Å². The molecule has 2 saturated heterocycles. The molecule has 2 aliphatic heterocycles. The molecule has 74 heavy (non-hydrogen) atoms. The summed E-state index contributed by atoms with van der Waals surface area (Å²) in [5.74, 6) is -4.92. The second-order valence-corrected chi connectivity index (χ2v) is 23.1. The monoisotopic (exact) mass is 1030 g/mol. The summed E-state index contributed by atoms with van der Waals surface area (Å²) in [6, 6.07) is 15.5. The third-order valence-electron chi connectivity index (χ3n) is 15.9. The molecule has 3 unspecified atom stereocenters. The number of fused-ring (bicyclic) bond motifs is 2. The number of likely N-dealkylation sites (tertiary alicyclic amines) is 2. The summed E-state index contributed by atoms with van der Waals surface area (Å²) in [6.45, 7) is 12.1. The van der Waals surface area contributed by atoms with E-state index in [1.165, 1.54) is 4.90 Å². The minimum atomic E-state index is -2.76. The Labute approximate surface area is 434 Å². The maximum atomic E-state index is 14.5. The Bertz CT molecular complexity index is 2860. The molecule has 5 aromatic rings. The number of halogens is 2. The highest BCUT2D eigenvalue weighted by Gasteiger charge is 2.78. The molecule has 5 amide bonds. The number of nitrogens with zero attached hydrogens (tertiary/aromatic N) is 6. The summed E-state index contributed by atoms with van der Waals surface area (Å²) in [5.41, 5.74) is 5.67. The Morgan fingerprint density at radius 1 is 0.932 bits per heavy atom. The van der Waals surface area contributed by atoms with Gasteiger partial charge in [0.05, 0.1) is 46.2 Å². The van der Waals surface area contributed by atoms with Gasteiger partial charge >= 0.3 is 0 Å². The van der Waals surface area contributed by atoms with Gasteiger partial charge in [0.25, 0.3) is 11.8 Å². The number of hydrogen-bond acceptors (Lipinski definition) is 10. The van der Waals surface area contributed by atoms with Crippen molar-refractivity contribution in [2.75, 3.05) is 25.0 Å². The molecule has 3 aromatic heterocycles. The number of aryl methyl sites for hydroxylation is 1. The van der Waals surface area contributed by atoms with Crippen LogP contribution in [0.25, 0.3) is 10.4 Å². The van der Waals surface area contributed by atoms with E-state index in [2.05, 4.69) is 36.2 Å². The molecule has 3 fully saturated rings. The molecule has 2 aromatic carbocycles. The third-order valence-corrected chi connectivity index (χ3v) is 16.8. The van der Waals surface area contributed by atoms with E-state index >= 15 is 0 Å². The molecular weight excluding hydrogens is 967 g/mol. The summed E-state index contributed by atoms with van der Waals surface area (Å²) < 4.78 is 30.8. The van der Waals surface area contributed by atoms with E-state index in [9.17, 15) is 37.9 Å². The smallest absolute Gasteiger partial charge is 0.276 e. The van der Waals surface area contributed by atoms with Crippen LogP contribution in [0.1, 0.15) is 137 Å². The Hall–Kier alpha value is -6.34. The minimum absolute atomic E-state index is 0.00626. The molecule has 0 radical (unpaired) electrons. The number of hydrogen-bond donors (Lipinski definition) is 5. The second kappa shape index (κ2) is 21.1. The average molecular weight is 1040 g/mol. The van der Waals surface area contributed by atoms with Crippen molar-refractivity contribution in [1.82, 2.24) is 45.4 Å². The lowest BCUT2D eigenvalue weighted by molar-refractivity contribution is -0.144. The van der Waals surface area contributed by atoms with Crippen LogP contribution in [0.3, 0.4) is 0 Å². The van der Waals surface area contributed by atoms with Gasteiger partial charge in [-0.15, -0.1) is 11.3 Å². The molecule has 9 rings (SSSR count). The van der Waals surface area contributed by atoms with Crippen LogP contribution in [0.15, 0.2) is 72.5 Å². The van der Waals surface area contributed by atoms with E-state index in [-0.39, 0.29) is 73.6 Å². The molecule has 2 aliphatic carbocycles. The third kappa shape index (κ3) is 10.8. The number of H-pyrrole nitrogens is 1. The van der Waals surface area contributed by atoms with Crippen LogP contribution in [-0.2, 0) is 32.0 Å². The van der Waals surface area contributed by atoms with Gasteiger partial charge in [-0.3, -0.25) is 33.8 Å². The number of β-amino-alcohol motifs (C(OH)–C–C–N with tert-alkyl or cyclic N) is 1. The highest BCUT2D eigenvalue weighted by Crippen LogP contribution is 2.70. The first-order valence-corrected chi connectivity index (χ1v) is 26.8. The molecular formula is C55H68F2N10O6S. The zero-order valence-corrected chi connectivity index (χ0v) is 43.8. The predicted molar refractivity (Wildman–Crippen MR) is 276 cm³/mol. The Morgan fingerprint density at radius 3 is 2.32 bits per heavy atom. The lowest BCUT2D eigenvalue weighted by atomic mass is 9.85. The first-order chi connectivity index (χ1) is 35.2. The summed E-state index contributed by atoms with van der Waals surface area (Å²) in [7, 11) is 0. The number of carbonyl (C=O) groups excluding carboxylic acids is 5. The predicted octanol–water partition coefficient (Wildman–Crippen LogP) is 7.81. The fraction of sp³-hybridized carbons (Fsp3) is 0.527. The molecule has 7 atom stereocenters. The Kier molecular flexibility index (Phi) is 15.0. The molecule has 4 aliphatic rings. The highest BCUT2D eigenvalue weighted by molar-refractivity contribution is 7.13.